The predicted octanol–water partition coefficient (Wildman–Crippen LogP) is 6.10. The van der Waals surface area contributed by atoms with Crippen LogP contribution >= 0.6 is 0 Å². The van der Waals surface area contributed by atoms with Crippen LogP contribution in [-0.2, 0) is 10.1 Å². The van der Waals surface area contributed by atoms with E-state index in [-0.39, 0.29) is 10.1 Å². The highest BCUT2D eigenvalue weighted by molar-refractivity contribution is 6.50. The zero-order valence-electron chi connectivity index (χ0n) is 17.4. The molecule has 2 atom stereocenters. The van der Waals surface area contributed by atoms with E-state index in [9.17, 15) is 0 Å². The average Bonchev–Trinajstić information content (AvgIpc) is 3.41. The molecule has 4 aromatic carbocycles. The van der Waals surface area contributed by atoms with Gasteiger partial charge < -0.3 is 0 Å². The molecule has 2 unspecified atom stereocenters. The topological polar surface area (TPSA) is 0 Å². The average molecular weight is 413 g/mol. The van der Waals surface area contributed by atoms with E-state index >= 15 is 0 Å². The van der Waals surface area contributed by atoms with E-state index in [1.807, 2.05) is 0 Å². The summed E-state index contributed by atoms with van der Waals surface area (Å²) in [5, 5.41) is -0.0923. The molecule has 0 radical (unpaired) electrons. The molecular weight excluding hydrogens is 388 g/mol. The van der Waals surface area contributed by atoms with Crippen LogP contribution in [0.1, 0.15) is 33.4 Å². The summed E-state index contributed by atoms with van der Waals surface area (Å²) in [7, 11) is -0.837. The Labute approximate surface area is 186 Å². The summed E-state index contributed by atoms with van der Waals surface area (Å²) in [6, 6.07) is 40.2. The Balaban J connectivity index is 1.62. The molecule has 4 aromatic rings. The summed E-state index contributed by atoms with van der Waals surface area (Å²) in [5.41, 5.74) is 8.46. The van der Waals surface area contributed by atoms with Gasteiger partial charge in [-0.3, -0.25) is 0 Å². The summed E-state index contributed by atoms with van der Waals surface area (Å²) < 4.78 is 0. The Bertz CT molecular complexity index is 1200. The molecule has 31 heavy (non-hydrogen) atoms. The minimum absolute atomic E-state index is 0.0461. The maximum absolute atomic E-state index is 2.50. The van der Waals surface area contributed by atoms with Gasteiger partial charge in [0.05, 0.1) is 9.52 Å². The number of rotatable bonds is 4. The quantitative estimate of drug-likeness (QED) is 0.356. The minimum atomic E-state index is -0.837. The first-order valence-electron chi connectivity index (χ1n) is 11.0. The third kappa shape index (κ3) is 2.74. The van der Waals surface area contributed by atoms with Crippen molar-refractivity contribution in [3.8, 4) is 0 Å². The third-order valence-corrected chi connectivity index (χ3v) is 10.3. The van der Waals surface area contributed by atoms with Gasteiger partial charge >= 0.3 is 0 Å². The van der Waals surface area contributed by atoms with E-state index in [4.69, 9.17) is 0 Å². The Hall–Kier alpha value is -3.42. The third-order valence-electron chi connectivity index (χ3n) is 7.11. The van der Waals surface area contributed by atoms with Crippen molar-refractivity contribution in [2.45, 2.75) is 10.1 Å². The molecule has 0 saturated carbocycles. The van der Waals surface area contributed by atoms with Crippen molar-refractivity contribution in [2.75, 3.05) is 0 Å². The van der Waals surface area contributed by atoms with Gasteiger partial charge in [-0.1, -0.05) is 133 Å². The second-order valence-corrected chi connectivity index (χ2v) is 11.3. The van der Waals surface area contributed by atoms with Crippen molar-refractivity contribution in [2.24, 2.45) is 0 Å². The van der Waals surface area contributed by atoms with Gasteiger partial charge in [-0.25, -0.2) is 0 Å². The minimum Gasteiger partial charge on any atom is -0.0724 e. The lowest BCUT2D eigenvalue weighted by Crippen LogP contribution is -2.45. The summed E-state index contributed by atoms with van der Waals surface area (Å²) in [5.74, 6) is 0. The SMILES string of the molecule is C1=CC([SiH2]C2(c3ccccc3)C=Cc3ccccc32)(c2ccccc2)c2ccccc21. The number of benzene rings is 4. The summed E-state index contributed by atoms with van der Waals surface area (Å²) in [4.78, 5) is 0. The lowest BCUT2D eigenvalue weighted by molar-refractivity contribution is 0.832. The zero-order valence-corrected chi connectivity index (χ0v) is 18.8. The summed E-state index contributed by atoms with van der Waals surface area (Å²) in [6.07, 6.45) is 9.69. The lowest BCUT2D eigenvalue weighted by Gasteiger charge is -2.40. The fourth-order valence-electron chi connectivity index (χ4n) is 5.67. The standard InChI is InChI=1S/C30H24Si/c1-3-13-25(14-4-1)29(21-19-23-11-7-9-17-27(23)29)31-30(26-15-5-2-6-16-26)22-20-24-12-8-10-18-28(24)30/h1-22H,31H2. The van der Waals surface area contributed by atoms with E-state index < -0.39 is 9.52 Å². The molecular formula is C30H24Si. The molecule has 1 heteroatoms. The largest absolute Gasteiger partial charge is 0.0724 e. The normalized spacial score (nSPS) is 23.4. The van der Waals surface area contributed by atoms with Crippen molar-refractivity contribution in [1.82, 2.24) is 0 Å². The summed E-state index contributed by atoms with van der Waals surface area (Å²) in [6.45, 7) is 0. The number of hydrogen-bond donors (Lipinski definition) is 0. The van der Waals surface area contributed by atoms with Crippen LogP contribution < -0.4 is 0 Å². The second-order valence-electron chi connectivity index (χ2n) is 8.69. The van der Waals surface area contributed by atoms with Crippen LogP contribution in [0.25, 0.3) is 12.2 Å². The highest BCUT2D eigenvalue weighted by Gasteiger charge is 2.47. The zero-order chi connectivity index (χ0) is 20.7. The highest BCUT2D eigenvalue weighted by atomic mass is 28.2. The van der Waals surface area contributed by atoms with Crippen LogP contribution in [-0.4, -0.2) is 9.52 Å². The number of fused-ring (bicyclic) bond motifs is 2. The molecule has 0 aliphatic heterocycles. The Kier molecular flexibility index (Phi) is 4.19. The molecule has 0 saturated heterocycles. The summed E-state index contributed by atoms with van der Waals surface area (Å²) >= 11 is 0. The fraction of sp³-hybridized carbons (Fsp3) is 0.0667. The van der Waals surface area contributed by atoms with E-state index in [0.717, 1.165) is 0 Å². The lowest BCUT2D eigenvalue weighted by atomic mass is 9.90. The van der Waals surface area contributed by atoms with Gasteiger partial charge in [0.15, 0.2) is 0 Å². The van der Waals surface area contributed by atoms with Gasteiger partial charge in [0.2, 0.25) is 0 Å². The maximum atomic E-state index is 2.50. The molecule has 0 heterocycles. The first-order chi connectivity index (χ1) is 15.3. The van der Waals surface area contributed by atoms with Crippen LogP contribution in [0.2, 0.25) is 0 Å². The number of allylic oxidation sites excluding steroid dienone is 2. The van der Waals surface area contributed by atoms with Crippen molar-refractivity contribution in [3.63, 3.8) is 0 Å². The van der Waals surface area contributed by atoms with Gasteiger partial charge in [-0.05, 0) is 33.4 Å². The van der Waals surface area contributed by atoms with Crippen LogP contribution in [0.3, 0.4) is 0 Å². The first kappa shape index (κ1) is 18.4. The predicted molar refractivity (Wildman–Crippen MR) is 134 cm³/mol. The maximum Gasteiger partial charge on any atom is 0.0655 e. The molecule has 148 valence electrons. The molecule has 6 rings (SSSR count). The highest BCUT2D eigenvalue weighted by Crippen LogP contribution is 2.49. The van der Waals surface area contributed by atoms with Crippen molar-refractivity contribution < 1.29 is 0 Å². The van der Waals surface area contributed by atoms with Crippen molar-refractivity contribution in [3.05, 3.63) is 155 Å². The van der Waals surface area contributed by atoms with Gasteiger partial charge in [0, 0.05) is 10.1 Å². The van der Waals surface area contributed by atoms with E-state index in [0.29, 0.717) is 0 Å². The molecule has 0 spiro atoms. The van der Waals surface area contributed by atoms with Gasteiger partial charge in [-0.2, -0.15) is 0 Å². The fourth-order valence-corrected chi connectivity index (χ4v) is 8.92. The van der Waals surface area contributed by atoms with E-state index in [1.165, 1.54) is 33.4 Å². The molecule has 0 bridgehead atoms. The molecule has 0 nitrogen and oxygen atoms in total. The molecule has 0 amide bonds. The van der Waals surface area contributed by atoms with Crippen molar-refractivity contribution in [1.29, 1.82) is 0 Å². The van der Waals surface area contributed by atoms with Gasteiger partial charge in [0.1, 0.15) is 0 Å². The Morgan fingerprint density at radius 3 is 1.26 bits per heavy atom. The van der Waals surface area contributed by atoms with Crippen LogP contribution in [0, 0.1) is 0 Å². The molecule has 0 aromatic heterocycles. The van der Waals surface area contributed by atoms with Crippen LogP contribution in [0.15, 0.2) is 121 Å². The van der Waals surface area contributed by atoms with Crippen molar-refractivity contribution >= 4 is 21.7 Å². The van der Waals surface area contributed by atoms with Crippen LogP contribution in [0.4, 0.5) is 0 Å². The van der Waals surface area contributed by atoms with Crippen LogP contribution in [0.5, 0.6) is 0 Å². The molecule has 0 fully saturated rings. The van der Waals surface area contributed by atoms with Gasteiger partial charge in [-0.15, -0.1) is 0 Å². The smallest absolute Gasteiger partial charge is 0.0655 e. The Morgan fingerprint density at radius 1 is 0.419 bits per heavy atom. The molecule has 0 N–H and O–H groups in total. The first-order valence-corrected chi connectivity index (χ1v) is 12.4. The van der Waals surface area contributed by atoms with Gasteiger partial charge in [0.25, 0.3) is 0 Å². The second kappa shape index (κ2) is 7.07. The molecule has 2 aliphatic carbocycles. The van der Waals surface area contributed by atoms with E-state index in [2.05, 4.69) is 133 Å². The molecule has 2 aliphatic rings. The van der Waals surface area contributed by atoms with E-state index in [1.54, 1.807) is 0 Å². The Morgan fingerprint density at radius 2 is 0.806 bits per heavy atom. The monoisotopic (exact) mass is 412 g/mol. The number of hydrogen-bond acceptors (Lipinski definition) is 0.